The average molecular weight is 494 g/mol. The van der Waals surface area contributed by atoms with Crippen LogP contribution in [0.5, 0.6) is 0 Å². The molecule has 0 saturated carbocycles. The third-order valence-corrected chi connectivity index (χ3v) is 5.32. The van der Waals surface area contributed by atoms with Crippen LogP contribution in [-0.2, 0) is 22.3 Å². The van der Waals surface area contributed by atoms with Gasteiger partial charge in [-0.15, -0.1) is 0 Å². The second kappa shape index (κ2) is 11.2. The number of rotatable bonds is 9. The Morgan fingerprint density at radius 3 is 2.32 bits per heavy atom. The smallest absolute Gasteiger partial charge is 0.324 e. The van der Waals surface area contributed by atoms with Gasteiger partial charge < -0.3 is 10.6 Å². The first-order chi connectivity index (χ1) is 16.2. The zero-order valence-electron chi connectivity index (χ0n) is 18.3. The van der Waals surface area contributed by atoms with E-state index >= 15 is 0 Å². The molecule has 2 amide bonds. The number of hydrogen-bond acceptors (Lipinski definition) is 4. The van der Waals surface area contributed by atoms with Crippen LogP contribution in [0.25, 0.3) is 0 Å². The van der Waals surface area contributed by atoms with Crippen molar-refractivity contribution in [1.29, 1.82) is 0 Å². The Balaban J connectivity index is 1.59. The van der Waals surface area contributed by atoms with Gasteiger partial charge in [-0.2, -0.15) is 18.3 Å². The minimum Gasteiger partial charge on any atom is -0.324 e. The molecule has 7 nitrogen and oxygen atoms in total. The molecule has 180 valence electrons. The number of alkyl halides is 3. The summed E-state index contributed by atoms with van der Waals surface area (Å²) >= 11 is 6.19. The van der Waals surface area contributed by atoms with E-state index in [9.17, 15) is 22.8 Å². The van der Waals surface area contributed by atoms with E-state index in [0.717, 1.165) is 11.6 Å². The van der Waals surface area contributed by atoms with E-state index in [1.807, 2.05) is 18.2 Å². The van der Waals surface area contributed by atoms with Crippen LogP contribution in [0.1, 0.15) is 18.1 Å². The number of aromatic nitrogens is 2. The van der Waals surface area contributed by atoms with E-state index in [0.29, 0.717) is 23.9 Å². The third-order valence-electron chi connectivity index (χ3n) is 4.95. The number of likely N-dealkylation sites (N-methyl/N-ethyl adjacent to an activating group) is 1. The van der Waals surface area contributed by atoms with Gasteiger partial charge in [0.15, 0.2) is 0 Å². The first kappa shape index (κ1) is 25.3. The second-order valence-corrected chi connectivity index (χ2v) is 7.82. The highest BCUT2D eigenvalue weighted by Crippen LogP contribution is 2.34. The van der Waals surface area contributed by atoms with Crippen molar-refractivity contribution in [2.45, 2.75) is 19.6 Å². The number of nitrogens with one attached hydrogen (secondary N) is 2. The Hall–Kier alpha value is -3.37. The van der Waals surface area contributed by atoms with Crippen molar-refractivity contribution < 1.29 is 22.8 Å². The quantitative estimate of drug-likeness (QED) is 0.460. The minimum absolute atomic E-state index is 0.137. The molecule has 0 aliphatic carbocycles. The molecule has 0 aliphatic heterocycles. The van der Waals surface area contributed by atoms with Gasteiger partial charge in [0.1, 0.15) is 5.82 Å². The van der Waals surface area contributed by atoms with E-state index in [-0.39, 0.29) is 18.8 Å². The molecule has 3 aromatic rings. The van der Waals surface area contributed by atoms with Crippen LogP contribution in [0.15, 0.2) is 60.8 Å². The number of nitrogens with zero attached hydrogens (tertiary/aromatic N) is 3. The van der Waals surface area contributed by atoms with Crippen molar-refractivity contribution in [3.8, 4) is 0 Å². The summed E-state index contributed by atoms with van der Waals surface area (Å²) in [4.78, 5) is 26.5. The lowest BCUT2D eigenvalue weighted by molar-refractivity contribution is -0.137. The maximum atomic E-state index is 13.1. The molecular weight excluding hydrogens is 471 g/mol. The van der Waals surface area contributed by atoms with Crippen molar-refractivity contribution in [2.24, 2.45) is 0 Å². The number of halogens is 4. The van der Waals surface area contributed by atoms with E-state index in [1.54, 1.807) is 23.7 Å². The molecule has 0 atom stereocenters. The van der Waals surface area contributed by atoms with Crippen molar-refractivity contribution in [3.05, 3.63) is 76.9 Å². The van der Waals surface area contributed by atoms with Crippen LogP contribution in [0.3, 0.4) is 0 Å². The van der Waals surface area contributed by atoms with E-state index in [4.69, 9.17) is 11.6 Å². The lowest BCUT2D eigenvalue weighted by atomic mass is 10.1. The summed E-state index contributed by atoms with van der Waals surface area (Å²) in [6, 6.07) is 13.6. The lowest BCUT2D eigenvalue weighted by Gasteiger charge is -2.20. The molecule has 0 radical (unpaired) electrons. The van der Waals surface area contributed by atoms with Crippen LogP contribution >= 0.6 is 11.6 Å². The molecule has 2 aromatic carbocycles. The summed E-state index contributed by atoms with van der Waals surface area (Å²) in [5.41, 5.74) is -0.436. The second-order valence-electron chi connectivity index (χ2n) is 7.41. The number of benzene rings is 2. The number of para-hydroxylation sites is 1. The minimum atomic E-state index is -4.60. The molecule has 0 aliphatic rings. The molecule has 0 bridgehead atoms. The van der Waals surface area contributed by atoms with Gasteiger partial charge in [0.25, 0.3) is 0 Å². The van der Waals surface area contributed by atoms with Gasteiger partial charge >= 0.3 is 6.18 Å². The van der Waals surface area contributed by atoms with Crippen LogP contribution in [0, 0.1) is 0 Å². The largest absolute Gasteiger partial charge is 0.418 e. The zero-order valence-corrected chi connectivity index (χ0v) is 19.0. The monoisotopic (exact) mass is 493 g/mol. The predicted octanol–water partition coefficient (Wildman–Crippen LogP) is 4.50. The molecule has 1 aromatic heterocycles. The fraction of sp³-hybridized carbons (Fsp3) is 0.261. The molecule has 34 heavy (non-hydrogen) atoms. The first-order valence-electron chi connectivity index (χ1n) is 10.4. The summed E-state index contributed by atoms with van der Waals surface area (Å²) in [5.74, 6) is -0.606. The van der Waals surface area contributed by atoms with Gasteiger partial charge in [-0.05, 0) is 30.3 Å². The lowest BCUT2D eigenvalue weighted by Crippen LogP contribution is -2.39. The summed E-state index contributed by atoms with van der Waals surface area (Å²) in [7, 11) is 0. The molecule has 0 fully saturated rings. The average Bonchev–Trinajstić information content (AvgIpc) is 3.20. The predicted molar refractivity (Wildman–Crippen MR) is 124 cm³/mol. The SMILES string of the molecule is CCN(CC(=O)Nc1ccccc1C(F)(F)F)CC(=O)Nc1ccnn1Cc1ccccc1Cl. The maximum Gasteiger partial charge on any atom is 0.418 e. The number of carbonyl (C=O) groups excluding carboxylic acids is 2. The van der Waals surface area contributed by atoms with Crippen molar-refractivity contribution in [2.75, 3.05) is 30.3 Å². The Morgan fingerprint density at radius 2 is 1.65 bits per heavy atom. The van der Waals surface area contributed by atoms with Crippen LogP contribution in [0.4, 0.5) is 24.7 Å². The van der Waals surface area contributed by atoms with Crippen LogP contribution < -0.4 is 10.6 Å². The zero-order chi connectivity index (χ0) is 24.7. The molecule has 0 saturated heterocycles. The Morgan fingerprint density at radius 1 is 1.00 bits per heavy atom. The Labute approximate surface area is 199 Å². The molecule has 0 spiro atoms. The topological polar surface area (TPSA) is 79.3 Å². The maximum absolute atomic E-state index is 13.1. The summed E-state index contributed by atoms with van der Waals surface area (Å²) in [6.07, 6.45) is -3.06. The van der Waals surface area contributed by atoms with Crippen LogP contribution in [-0.4, -0.2) is 46.1 Å². The van der Waals surface area contributed by atoms with Gasteiger partial charge in [-0.25, -0.2) is 4.68 Å². The normalized spacial score (nSPS) is 11.5. The molecule has 11 heteroatoms. The number of carbonyl (C=O) groups is 2. The van der Waals surface area contributed by atoms with Gasteiger partial charge in [0, 0.05) is 11.1 Å². The van der Waals surface area contributed by atoms with Crippen molar-refractivity contribution in [3.63, 3.8) is 0 Å². The van der Waals surface area contributed by atoms with E-state index < -0.39 is 23.6 Å². The highest BCUT2D eigenvalue weighted by atomic mass is 35.5. The van der Waals surface area contributed by atoms with Crippen LogP contribution in [0.2, 0.25) is 5.02 Å². The number of amides is 2. The molecular formula is C23H23ClF3N5O2. The van der Waals surface area contributed by atoms with Gasteiger partial charge in [0.2, 0.25) is 11.8 Å². The first-order valence-corrected chi connectivity index (χ1v) is 10.8. The molecule has 3 rings (SSSR count). The van der Waals surface area contributed by atoms with Gasteiger partial charge in [-0.3, -0.25) is 14.5 Å². The molecule has 1 heterocycles. The molecule has 0 unspecified atom stereocenters. The summed E-state index contributed by atoms with van der Waals surface area (Å²) in [5, 5.41) is 9.80. The van der Waals surface area contributed by atoms with Gasteiger partial charge in [0.05, 0.1) is 37.1 Å². The van der Waals surface area contributed by atoms with E-state index in [1.165, 1.54) is 29.3 Å². The standard InChI is InChI=1S/C23H23ClF3N5O2/c1-2-31(14-21(33)29-19-10-6-4-8-17(19)23(25,26)27)15-22(34)30-20-11-12-28-32(20)13-16-7-3-5-9-18(16)24/h3-12H,2,13-15H2,1H3,(H,29,33)(H,30,34). The summed E-state index contributed by atoms with van der Waals surface area (Å²) in [6.45, 7) is 2.03. The fourth-order valence-electron chi connectivity index (χ4n) is 3.25. The molecule has 2 N–H and O–H groups in total. The number of anilines is 2. The van der Waals surface area contributed by atoms with Crippen molar-refractivity contribution in [1.82, 2.24) is 14.7 Å². The fourth-order valence-corrected chi connectivity index (χ4v) is 3.45. The third kappa shape index (κ3) is 6.82. The van der Waals surface area contributed by atoms with Gasteiger partial charge in [-0.1, -0.05) is 48.9 Å². The van der Waals surface area contributed by atoms with E-state index in [2.05, 4.69) is 15.7 Å². The Kier molecular flexibility index (Phi) is 8.30. The highest BCUT2D eigenvalue weighted by molar-refractivity contribution is 6.31. The highest BCUT2D eigenvalue weighted by Gasteiger charge is 2.33. The Bertz CT molecular complexity index is 1150. The number of hydrogen-bond donors (Lipinski definition) is 2. The summed E-state index contributed by atoms with van der Waals surface area (Å²) < 4.78 is 41.0. The van der Waals surface area contributed by atoms with Crippen molar-refractivity contribution >= 4 is 34.9 Å².